The standard InChI is InChI=1S/C17H21ClN4O/c1-10(2)7-16(23)19-14-5-6-15(22-21-14)20-17-12(4)8-11(3)9-13(17)18/h5-6,8-10H,7H2,1-4H3,(H,20,22)(H,19,21,23). The van der Waals surface area contributed by atoms with Crippen molar-refractivity contribution in [2.24, 2.45) is 5.92 Å². The van der Waals surface area contributed by atoms with Crippen LogP contribution in [0.25, 0.3) is 0 Å². The van der Waals surface area contributed by atoms with Crippen LogP contribution in [0.4, 0.5) is 17.3 Å². The van der Waals surface area contributed by atoms with Crippen LogP contribution in [0.15, 0.2) is 24.3 Å². The van der Waals surface area contributed by atoms with E-state index in [9.17, 15) is 4.79 Å². The molecule has 6 heteroatoms. The molecule has 0 aliphatic rings. The van der Waals surface area contributed by atoms with Crippen molar-refractivity contribution in [3.63, 3.8) is 0 Å². The first kappa shape index (κ1) is 17.2. The molecule has 1 amide bonds. The number of rotatable bonds is 5. The second-order valence-corrected chi connectivity index (χ2v) is 6.42. The quantitative estimate of drug-likeness (QED) is 0.847. The highest BCUT2D eigenvalue weighted by atomic mass is 35.5. The first-order chi connectivity index (χ1) is 10.8. The summed E-state index contributed by atoms with van der Waals surface area (Å²) in [6, 6.07) is 7.41. The summed E-state index contributed by atoms with van der Waals surface area (Å²) in [7, 11) is 0. The number of hydrogen-bond acceptors (Lipinski definition) is 4. The van der Waals surface area contributed by atoms with Crippen molar-refractivity contribution in [3.8, 4) is 0 Å². The van der Waals surface area contributed by atoms with Gasteiger partial charge in [0.1, 0.15) is 0 Å². The van der Waals surface area contributed by atoms with E-state index < -0.39 is 0 Å². The predicted octanol–water partition coefficient (Wildman–Crippen LogP) is 4.48. The molecule has 2 aromatic rings. The minimum atomic E-state index is -0.0626. The van der Waals surface area contributed by atoms with Gasteiger partial charge in [0, 0.05) is 6.42 Å². The predicted molar refractivity (Wildman–Crippen MR) is 94.3 cm³/mol. The molecule has 0 radical (unpaired) electrons. The Kier molecular flexibility index (Phi) is 5.55. The summed E-state index contributed by atoms with van der Waals surface area (Å²) in [6.07, 6.45) is 0.458. The summed E-state index contributed by atoms with van der Waals surface area (Å²) in [4.78, 5) is 11.7. The van der Waals surface area contributed by atoms with Crippen molar-refractivity contribution in [3.05, 3.63) is 40.4 Å². The van der Waals surface area contributed by atoms with E-state index in [-0.39, 0.29) is 5.91 Å². The van der Waals surface area contributed by atoms with Crippen LogP contribution < -0.4 is 10.6 Å². The zero-order valence-electron chi connectivity index (χ0n) is 13.8. The van der Waals surface area contributed by atoms with Crippen LogP contribution in [0.3, 0.4) is 0 Å². The van der Waals surface area contributed by atoms with Gasteiger partial charge in [-0.05, 0) is 49.1 Å². The zero-order valence-corrected chi connectivity index (χ0v) is 14.5. The van der Waals surface area contributed by atoms with Gasteiger partial charge >= 0.3 is 0 Å². The molecular formula is C17H21ClN4O. The normalized spacial score (nSPS) is 10.7. The van der Waals surface area contributed by atoms with Gasteiger partial charge < -0.3 is 10.6 Å². The van der Waals surface area contributed by atoms with E-state index in [0.717, 1.165) is 16.8 Å². The molecule has 1 heterocycles. The molecule has 0 saturated heterocycles. The summed E-state index contributed by atoms with van der Waals surface area (Å²) in [6.45, 7) is 7.96. The number of aryl methyl sites for hydroxylation is 2. The molecule has 0 atom stereocenters. The van der Waals surface area contributed by atoms with Crippen LogP contribution in [0.5, 0.6) is 0 Å². The van der Waals surface area contributed by atoms with Crippen molar-refractivity contribution >= 4 is 34.8 Å². The van der Waals surface area contributed by atoms with E-state index in [1.807, 2.05) is 39.8 Å². The molecule has 5 nitrogen and oxygen atoms in total. The Hall–Kier alpha value is -2.14. The van der Waals surface area contributed by atoms with Gasteiger partial charge in [-0.3, -0.25) is 4.79 Å². The smallest absolute Gasteiger partial charge is 0.225 e. The number of amides is 1. The lowest BCUT2D eigenvalue weighted by Crippen LogP contribution is -2.15. The van der Waals surface area contributed by atoms with Crippen LogP contribution in [0, 0.1) is 19.8 Å². The van der Waals surface area contributed by atoms with Gasteiger partial charge in [-0.25, -0.2) is 0 Å². The summed E-state index contributed by atoms with van der Waals surface area (Å²) in [5, 5.41) is 14.6. The van der Waals surface area contributed by atoms with Crippen LogP contribution in [0.1, 0.15) is 31.4 Å². The van der Waals surface area contributed by atoms with Crippen LogP contribution in [-0.2, 0) is 4.79 Å². The van der Waals surface area contributed by atoms with Gasteiger partial charge in [0.05, 0.1) is 10.7 Å². The Morgan fingerprint density at radius 3 is 2.39 bits per heavy atom. The number of carbonyl (C=O) groups excluding carboxylic acids is 1. The molecule has 122 valence electrons. The molecule has 0 aliphatic carbocycles. The number of aromatic nitrogens is 2. The lowest BCUT2D eigenvalue weighted by Gasteiger charge is -2.12. The van der Waals surface area contributed by atoms with E-state index in [1.54, 1.807) is 12.1 Å². The van der Waals surface area contributed by atoms with Crippen molar-refractivity contribution in [2.45, 2.75) is 34.1 Å². The SMILES string of the molecule is Cc1cc(C)c(Nc2ccc(NC(=O)CC(C)C)nn2)c(Cl)c1. The molecular weight excluding hydrogens is 312 g/mol. The highest BCUT2D eigenvalue weighted by Gasteiger charge is 2.09. The van der Waals surface area contributed by atoms with Crippen LogP contribution >= 0.6 is 11.6 Å². The lowest BCUT2D eigenvalue weighted by molar-refractivity contribution is -0.116. The largest absolute Gasteiger partial charge is 0.337 e. The maximum atomic E-state index is 11.7. The number of anilines is 3. The van der Waals surface area contributed by atoms with Gasteiger partial charge in [0.25, 0.3) is 0 Å². The molecule has 1 aromatic carbocycles. The Labute approximate surface area is 141 Å². The number of benzene rings is 1. The number of carbonyl (C=O) groups is 1. The minimum absolute atomic E-state index is 0.0626. The van der Waals surface area contributed by atoms with Gasteiger partial charge in [0.2, 0.25) is 5.91 Å². The summed E-state index contributed by atoms with van der Waals surface area (Å²) >= 11 is 6.27. The number of halogens is 1. The minimum Gasteiger partial charge on any atom is -0.337 e. The highest BCUT2D eigenvalue weighted by molar-refractivity contribution is 6.33. The third-order valence-electron chi connectivity index (χ3n) is 3.21. The average molecular weight is 333 g/mol. The van der Waals surface area contributed by atoms with E-state index in [1.165, 1.54) is 0 Å². The monoisotopic (exact) mass is 332 g/mol. The highest BCUT2D eigenvalue weighted by Crippen LogP contribution is 2.29. The van der Waals surface area contributed by atoms with Crippen molar-refractivity contribution in [2.75, 3.05) is 10.6 Å². The van der Waals surface area contributed by atoms with Crippen molar-refractivity contribution in [1.29, 1.82) is 0 Å². The van der Waals surface area contributed by atoms with E-state index in [2.05, 4.69) is 20.8 Å². The summed E-state index contributed by atoms with van der Waals surface area (Å²) in [5.74, 6) is 1.25. The maximum Gasteiger partial charge on any atom is 0.225 e. The fourth-order valence-corrected chi connectivity index (χ4v) is 2.60. The van der Waals surface area contributed by atoms with Gasteiger partial charge in [-0.1, -0.05) is 31.5 Å². The molecule has 0 unspecified atom stereocenters. The molecule has 0 spiro atoms. The summed E-state index contributed by atoms with van der Waals surface area (Å²) in [5.41, 5.74) is 2.95. The lowest BCUT2D eigenvalue weighted by atomic mass is 10.1. The Balaban J connectivity index is 2.07. The molecule has 2 rings (SSSR count). The molecule has 0 aliphatic heterocycles. The Morgan fingerprint density at radius 1 is 1.17 bits per heavy atom. The van der Waals surface area contributed by atoms with Crippen LogP contribution in [-0.4, -0.2) is 16.1 Å². The third kappa shape index (κ3) is 4.93. The second-order valence-electron chi connectivity index (χ2n) is 6.01. The Bertz CT molecular complexity index is 675. The molecule has 0 bridgehead atoms. The van der Waals surface area contributed by atoms with Gasteiger partial charge in [0.15, 0.2) is 11.6 Å². The molecule has 0 fully saturated rings. The molecule has 2 N–H and O–H groups in total. The van der Waals surface area contributed by atoms with Crippen molar-refractivity contribution in [1.82, 2.24) is 10.2 Å². The fourth-order valence-electron chi connectivity index (χ4n) is 2.23. The first-order valence-corrected chi connectivity index (χ1v) is 7.90. The van der Waals surface area contributed by atoms with E-state index in [4.69, 9.17) is 11.6 Å². The van der Waals surface area contributed by atoms with Gasteiger partial charge in [-0.15, -0.1) is 10.2 Å². The number of nitrogens with one attached hydrogen (secondary N) is 2. The van der Waals surface area contributed by atoms with E-state index in [0.29, 0.717) is 29.0 Å². The number of nitrogens with zero attached hydrogens (tertiary/aromatic N) is 2. The molecule has 23 heavy (non-hydrogen) atoms. The molecule has 1 aromatic heterocycles. The Morgan fingerprint density at radius 2 is 1.83 bits per heavy atom. The average Bonchev–Trinajstić information content (AvgIpc) is 2.43. The zero-order chi connectivity index (χ0) is 17.0. The van der Waals surface area contributed by atoms with Crippen molar-refractivity contribution < 1.29 is 4.79 Å². The first-order valence-electron chi connectivity index (χ1n) is 7.52. The number of hydrogen-bond donors (Lipinski definition) is 2. The molecule has 0 saturated carbocycles. The van der Waals surface area contributed by atoms with Gasteiger partial charge in [-0.2, -0.15) is 0 Å². The maximum absolute atomic E-state index is 11.7. The summed E-state index contributed by atoms with van der Waals surface area (Å²) < 4.78 is 0. The second kappa shape index (κ2) is 7.42. The third-order valence-corrected chi connectivity index (χ3v) is 3.51. The van der Waals surface area contributed by atoms with Crippen LogP contribution in [0.2, 0.25) is 5.02 Å². The topological polar surface area (TPSA) is 66.9 Å². The fraction of sp³-hybridized carbons (Fsp3) is 0.353. The van der Waals surface area contributed by atoms with E-state index >= 15 is 0 Å².